The van der Waals surface area contributed by atoms with Gasteiger partial charge in [0.1, 0.15) is 17.2 Å². The highest BCUT2D eigenvalue weighted by Gasteiger charge is 2.69. The molecular weight excluding hydrogens is 329 g/mol. The number of rotatable bonds is 3. The van der Waals surface area contributed by atoms with Crippen LogP contribution in [0.1, 0.15) is 24.6 Å². The molecular formula is C13H15F3N6O2. The minimum Gasteiger partial charge on any atom is -0.383 e. The monoisotopic (exact) mass is 344 g/mol. The number of aryl methyl sites for hydroxylation is 1. The first-order chi connectivity index (χ1) is 11.1. The third-order valence-electron chi connectivity index (χ3n) is 4.14. The van der Waals surface area contributed by atoms with Crippen molar-refractivity contribution in [2.24, 2.45) is 5.73 Å². The van der Waals surface area contributed by atoms with Crippen LogP contribution < -0.4 is 11.5 Å². The molecule has 1 saturated carbocycles. The number of anilines is 1. The normalized spacial score (nSPS) is 27.1. The molecule has 2 heterocycles. The van der Waals surface area contributed by atoms with Crippen molar-refractivity contribution in [1.29, 1.82) is 0 Å². The Morgan fingerprint density at radius 1 is 1.29 bits per heavy atom. The molecule has 1 aliphatic rings. The molecule has 0 radical (unpaired) electrons. The quantitative estimate of drug-likeness (QED) is 0.853. The summed E-state index contributed by atoms with van der Waals surface area (Å²) >= 11 is 0. The SMILES string of the molecule is COC1(C(F)(F)F)CC(N)(c2nc(-c3cnc(C)nc3N)no2)C1. The summed E-state index contributed by atoms with van der Waals surface area (Å²) in [6.07, 6.45) is -4.16. The number of nitrogens with two attached hydrogens (primary N) is 2. The molecule has 2 aromatic heterocycles. The summed E-state index contributed by atoms with van der Waals surface area (Å²) in [5.74, 6) is 0.545. The molecule has 0 bridgehead atoms. The van der Waals surface area contributed by atoms with E-state index < -0.39 is 30.2 Å². The summed E-state index contributed by atoms with van der Waals surface area (Å²) in [6.45, 7) is 1.66. The van der Waals surface area contributed by atoms with E-state index >= 15 is 0 Å². The van der Waals surface area contributed by atoms with E-state index in [1.54, 1.807) is 6.92 Å². The lowest BCUT2D eigenvalue weighted by atomic mass is 9.64. The zero-order valence-electron chi connectivity index (χ0n) is 12.9. The fourth-order valence-electron chi connectivity index (χ4n) is 2.77. The zero-order valence-corrected chi connectivity index (χ0v) is 12.9. The van der Waals surface area contributed by atoms with Gasteiger partial charge >= 0.3 is 6.18 Å². The van der Waals surface area contributed by atoms with Crippen LogP contribution in [0.15, 0.2) is 10.7 Å². The van der Waals surface area contributed by atoms with E-state index in [1.807, 2.05) is 0 Å². The molecule has 0 aromatic carbocycles. The number of nitrogen functional groups attached to an aromatic ring is 1. The van der Waals surface area contributed by atoms with Gasteiger partial charge in [-0.2, -0.15) is 18.2 Å². The highest BCUT2D eigenvalue weighted by atomic mass is 19.4. The van der Waals surface area contributed by atoms with Crippen LogP contribution in [0.3, 0.4) is 0 Å². The predicted octanol–water partition coefficient (Wildman–Crippen LogP) is 1.31. The third-order valence-corrected chi connectivity index (χ3v) is 4.14. The van der Waals surface area contributed by atoms with Crippen molar-refractivity contribution in [3.63, 3.8) is 0 Å². The highest BCUT2D eigenvalue weighted by Crippen LogP contribution is 2.55. The standard InChI is InChI=1S/C13H15F3N6O2/c1-6-19-3-7(8(17)20-6)9-21-10(24-22-9)11(18)4-12(5-11,23-2)13(14,15)16/h3H,4-5,18H2,1-2H3,(H2,17,19,20). The van der Waals surface area contributed by atoms with Crippen molar-refractivity contribution in [2.45, 2.75) is 37.1 Å². The van der Waals surface area contributed by atoms with Crippen LogP contribution in [0.2, 0.25) is 0 Å². The second-order valence-electron chi connectivity index (χ2n) is 5.85. The lowest BCUT2D eigenvalue weighted by molar-refractivity contribution is -0.315. The fourth-order valence-corrected chi connectivity index (χ4v) is 2.77. The maximum atomic E-state index is 13.1. The number of methoxy groups -OCH3 is 1. The lowest BCUT2D eigenvalue weighted by Gasteiger charge is -2.51. The van der Waals surface area contributed by atoms with Crippen molar-refractivity contribution in [3.05, 3.63) is 17.9 Å². The Labute approximate surface area is 134 Å². The van der Waals surface area contributed by atoms with E-state index in [2.05, 4.69) is 24.8 Å². The van der Waals surface area contributed by atoms with Crippen molar-refractivity contribution in [3.8, 4) is 11.4 Å². The van der Waals surface area contributed by atoms with Gasteiger partial charge < -0.3 is 20.7 Å². The van der Waals surface area contributed by atoms with Gasteiger partial charge in [-0.05, 0) is 6.92 Å². The molecule has 0 atom stereocenters. The van der Waals surface area contributed by atoms with Crippen LogP contribution in [0.25, 0.3) is 11.4 Å². The van der Waals surface area contributed by atoms with Gasteiger partial charge in [0.25, 0.3) is 0 Å². The average Bonchev–Trinajstić information content (AvgIpc) is 2.92. The second kappa shape index (κ2) is 5.11. The number of hydrogen-bond donors (Lipinski definition) is 2. The predicted molar refractivity (Wildman–Crippen MR) is 75.4 cm³/mol. The van der Waals surface area contributed by atoms with Gasteiger partial charge in [-0.25, -0.2) is 9.97 Å². The Hall–Kier alpha value is -2.27. The van der Waals surface area contributed by atoms with Gasteiger partial charge in [0.05, 0.1) is 5.56 Å². The highest BCUT2D eigenvalue weighted by molar-refractivity contribution is 5.66. The summed E-state index contributed by atoms with van der Waals surface area (Å²) in [5, 5.41) is 3.71. The molecule has 0 amide bonds. The summed E-state index contributed by atoms with van der Waals surface area (Å²) in [7, 11) is 0.997. The number of alkyl halides is 3. The van der Waals surface area contributed by atoms with E-state index in [0.29, 0.717) is 11.4 Å². The molecule has 0 unspecified atom stereocenters. The van der Waals surface area contributed by atoms with Crippen LogP contribution in [0.4, 0.5) is 19.0 Å². The molecule has 1 fully saturated rings. The first-order valence-electron chi connectivity index (χ1n) is 6.95. The summed E-state index contributed by atoms with van der Waals surface area (Å²) in [4.78, 5) is 12.0. The molecule has 8 nitrogen and oxygen atoms in total. The van der Waals surface area contributed by atoms with E-state index in [1.165, 1.54) is 6.20 Å². The maximum Gasteiger partial charge on any atom is 0.417 e. The molecule has 0 saturated heterocycles. The zero-order chi connectivity index (χ0) is 17.8. The Morgan fingerprint density at radius 2 is 1.96 bits per heavy atom. The van der Waals surface area contributed by atoms with Crippen molar-refractivity contribution >= 4 is 5.82 Å². The molecule has 24 heavy (non-hydrogen) atoms. The van der Waals surface area contributed by atoms with Crippen molar-refractivity contribution in [1.82, 2.24) is 20.1 Å². The van der Waals surface area contributed by atoms with Gasteiger partial charge in [-0.1, -0.05) is 5.16 Å². The number of hydrogen-bond acceptors (Lipinski definition) is 8. The molecule has 2 aromatic rings. The molecule has 11 heteroatoms. The van der Waals surface area contributed by atoms with E-state index in [9.17, 15) is 13.2 Å². The van der Waals surface area contributed by atoms with Gasteiger partial charge in [0, 0.05) is 26.1 Å². The average molecular weight is 344 g/mol. The van der Waals surface area contributed by atoms with Gasteiger partial charge in [0.2, 0.25) is 11.7 Å². The Kier molecular flexibility index (Phi) is 3.53. The first-order valence-corrected chi connectivity index (χ1v) is 6.95. The van der Waals surface area contributed by atoms with Crippen molar-refractivity contribution < 1.29 is 22.4 Å². The molecule has 130 valence electrons. The minimum absolute atomic E-state index is 0.0641. The van der Waals surface area contributed by atoms with Crippen molar-refractivity contribution in [2.75, 3.05) is 12.8 Å². The topological polar surface area (TPSA) is 126 Å². The number of aromatic nitrogens is 4. The molecule has 4 N–H and O–H groups in total. The maximum absolute atomic E-state index is 13.1. The summed E-state index contributed by atoms with van der Waals surface area (Å²) in [5.41, 5.74) is 8.34. The van der Waals surface area contributed by atoms with Crippen LogP contribution in [-0.4, -0.2) is 39.0 Å². The minimum atomic E-state index is -4.54. The van der Waals surface area contributed by atoms with Crippen LogP contribution in [-0.2, 0) is 10.3 Å². The van der Waals surface area contributed by atoms with E-state index in [4.69, 9.17) is 16.0 Å². The fraction of sp³-hybridized carbons (Fsp3) is 0.538. The first kappa shape index (κ1) is 16.6. The molecule has 0 spiro atoms. The summed E-state index contributed by atoms with van der Waals surface area (Å²) < 4.78 is 49.0. The van der Waals surface area contributed by atoms with Gasteiger partial charge in [-0.15, -0.1) is 0 Å². The van der Waals surface area contributed by atoms with Gasteiger partial charge in [-0.3, -0.25) is 0 Å². The van der Waals surface area contributed by atoms with Crippen LogP contribution in [0.5, 0.6) is 0 Å². The number of halogens is 3. The summed E-state index contributed by atoms with van der Waals surface area (Å²) in [6, 6.07) is 0. The Balaban J connectivity index is 1.87. The largest absolute Gasteiger partial charge is 0.417 e. The Morgan fingerprint density at radius 3 is 2.50 bits per heavy atom. The van der Waals surface area contributed by atoms with Crippen LogP contribution >= 0.6 is 0 Å². The van der Waals surface area contributed by atoms with E-state index in [0.717, 1.165) is 7.11 Å². The Bertz CT molecular complexity index is 769. The van der Waals surface area contributed by atoms with Crippen LogP contribution in [0, 0.1) is 6.92 Å². The lowest BCUT2D eigenvalue weighted by Crippen LogP contribution is -2.67. The second-order valence-corrected chi connectivity index (χ2v) is 5.85. The van der Waals surface area contributed by atoms with Gasteiger partial charge in [0.15, 0.2) is 5.60 Å². The molecule has 0 aliphatic heterocycles. The number of nitrogens with zero attached hydrogens (tertiary/aromatic N) is 4. The van der Waals surface area contributed by atoms with E-state index in [-0.39, 0.29) is 17.5 Å². The molecule has 1 aliphatic carbocycles. The smallest absolute Gasteiger partial charge is 0.383 e. The molecule has 3 rings (SSSR count). The third kappa shape index (κ3) is 2.40. The number of ether oxygens (including phenoxy) is 1.